The Balaban J connectivity index is 1.40. The summed E-state index contributed by atoms with van der Waals surface area (Å²) in [5, 5.41) is 10.6. The molecular formula is C21H16FN3O4. The molecule has 4 rings (SSSR count). The zero-order valence-corrected chi connectivity index (χ0v) is 15.4. The van der Waals surface area contributed by atoms with Crippen LogP contribution in [0.2, 0.25) is 0 Å². The molecule has 2 heterocycles. The first-order chi connectivity index (χ1) is 14.1. The Bertz CT molecular complexity index is 1130. The molecule has 2 aromatic carbocycles. The summed E-state index contributed by atoms with van der Waals surface area (Å²) in [6.07, 6.45) is 0. The van der Waals surface area contributed by atoms with Gasteiger partial charge in [0.2, 0.25) is 0 Å². The molecule has 0 aliphatic rings. The van der Waals surface area contributed by atoms with E-state index in [0.717, 1.165) is 5.56 Å². The Morgan fingerprint density at radius 2 is 1.93 bits per heavy atom. The number of nitrogens with zero attached hydrogens (tertiary/aromatic N) is 2. The molecule has 0 fully saturated rings. The number of hydrogen-bond donors (Lipinski definition) is 1. The van der Waals surface area contributed by atoms with Gasteiger partial charge in [-0.1, -0.05) is 17.3 Å². The second-order valence-corrected chi connectivity index (χ2v) is 6.16. The van der Waals surface area contributed by atoms with Gasteiger partial charge >= 0.3 is 5.97 Å². The van der Waals surface area contributed by atoms with E-state index in [9.17, 15) is 9.18 Å². The zero-order valence-electron chi connectivity index (χ0n) is 15.4. The van der Waals surface area contributed by atoms with Crippen molar-refractivity contribution in [3.8, 4) is 28.3 Å². The first kappa shape index (κ1) is 18.4. The highest BCUT2D eigenvalue weighted by Crippen LogP contribution is 2.25. The van der Waals surface area contributed by atoms with Gasteiger partial charge < -0.3 is 14.0 Å². The van der Waals surface area contributed by atoms with Crippen molar-refractivity contribution in [1.29, 1.82) is 0 Å². The third-order valence-corrected chi connectivity index (χ3v) is 4.20. The molecule has 4 aromatic rings. The Morgan fingerprint density at radius 1 is 1.10 bits per heavy atom. The lowest BCUT2D eigenvalue weighted by atomic mass is 10.1. The van der Waals surface area contributed by atoms with Crippen LogP contribution in [0.1, 0.15) is 16.2 Å². The van der Waals surface area contributed by atoms with E-state index in [-0.39, 0.29) is 18.1 Å². The summed E-state index contributed by atoms with van der Waals surface area (Å²) in [7, 11) is 1.58. The SMILES string of the molecule is COc1cccc(-c2cc(COC(=O)c3cc(-c4ccc(F)cc4)n[nH]3)no2)c1. The van der Waals surface area contributed by atoms with Crippen molar-refractivity contribution < 1.29 is 23.2 Å². The molecular weight excluding hydrogens is 377 g/mol. The van der Waals surface area contributed by atoms with E-state index < -0.39 is 5.97 Å². The second-order valence-electron chi connectivity index (χ2n) is 6.16. The van der Waals surface area contributed by atoms with E-state index in [1.807, 2.05) is 24.3 Å². The number of H-pyrrole nitrogens is 1. The molecule has 29 heavy (non-hydrogen) atoms. The van der Waals surface area contributed by atoms with Gasteiger partial charge in [0.25, 0.3) is 0 Å². The lowest BCUT2D eigenvalue weighted by Crippen LogP contribution is -2.05. The van der Waals surface area contributed by atoms with Crippen LogP contribution >= 0.6 is 0 Å². The Morgan fingerprint density at radius 3 is 2.72 bits per heavy atom. The van der Waals surface area contributed by atoms with E-state index in [1.54, 1.807) is 31.4 Å². The fraction of sp³-hybridized carbons (Fsp3) is 0.0952. The summed E-state index contributed by atoms with van der Waals surface area (Å²) < 4.78 is 28.8. The van der Waals surface area contributed by atoms with E-state index in [0.29, 0.717) is 28.5 Å². The van der Waals surface area contributed by atoms with Gasteiger partial charge in [0.15, 0.2) is 5.76 Å². The number of esters is 1. The number of nitrogens with one attached hydrogen (secondary N) is 1. The maximum absolute atomic E-state index is 13.0. The standard InChI is InChI=1S/C21H16FN3O4/c1-27-17-4-2-3-14(9-17)20-10-16(25-29-20)12-28-21(26)19-11-18(23-24-19)13-5-7-15(22)8-6-13/h2-11H,12H2,1H3,(H,23,24). The highest BCUT2D eigenvalue weighted by Gasteiger charge is 2.15. The lowest BCUT2D eigenvalue weighted by Gasteiger charge is -2.00. The average Bonchev–Trinajstić information content (AvgIpc) is 3.43. The molecule has 0 spiro atoms. The summed E-state index contributed by atoms with van der Waals surface area (Å²) in [5.41, 5.74) is 2.64. The van der Waals surface area contributed by atoms with Crippen LogP contribution in [0.5, 0.6) is 5.75 Å². The molecule has 8 heteroatoms. The topological polar surface area (TPSA) is 90.2 Å². The number of hydrogen-bond acceptors (Lipinski definition) is 6. The van der Waals surface area contributed by atoms with Crippen molar-refractivity contribution >= 4 is 5.97 Å². The predicted molar refractivity (Wildman–Crippen MR) is 102 cm³/mol. The van der Waals surface area contributed by atoms with Crippen molar-refractivity contribution in [1.82, 2.24) is 15.4 Å². The van der Waals surface area contributed by atoms with Crippen molar-refractivity contribution in [3.05, 3.63) is 77.9 Å². The van der Waals surface area contributed by atoms with Crippen LogP contribution in [-0.4, -0.2) is 28.4 Å². The van der Waals surface area contributed by atoms with E-state index in [4.69, 9.17) is 14.0 Å². The van der Waals surface area contributed by atoms with Gasteiger partial charge in [0.05, 0.1) is 12.8 Å². The number of aromatic amines is 1. The Kier molecular flexibility index (Phi) is 5.07. The summed E-state index contributed by atoms with van der Waals surface area (Å²) in [6, 6.07) is 16.4. The minimum absolute atomic E-state index is 0.0583. The lowest BCUT2D eigenvalue weighted by molar-refractivity contribution is 0.0457. The third-order valence-electron chi connectivity index (χ3n) is 4.20. The van der Waals surface area contributed by atoms with Gasteiger partial charge in [0.1, 0.15) is 29.6 Å². The van der Waals surface area contributed by atoms with Crippen LogP contribution in [0, 0.1) is 5.82 Å². The third kappa shape index (κ3) is 4.16. The molecule has 0 saturated carbocycles. The Labute approximate surface area is 165 Å². The zero-order chi connectivity index (χ0) is 20.2. The largest absolute Gasteiger partial charge is 0.497 e. The highest BCUT2D eigenvalue weighted by molar-refractivity contribution is 5.88. The van der Waals surface area contributed by atoms with Crippen LogP contribution in [-0.2, 0) is 11.3 Å². The maximum atomic E-state index is 13.0. The first-order valence-corrected chi connectivity index (χ1v) is 8.71. The molecule has 0 unspecified atom stereocenters. The van der Waals surface area contributed by atoms with Gasteiger partial charge in [-0.3, -0.25) is 5.10 Å². The number of carbonyl (C=O) groups excluding carboxylic acids is 1. The number of carbonyl (C=O) groups is 1. The number of benzene rings is 2. The first-order valence-electron chi connectivity index (χ1n) is 8.71. The second kappa shape index (κ2) is 7.97. The van der Waals surface area contributed by atoms with Crippen LogP contribution in [0.25, 0.3) is 22.6 Å². The normalized spacial score (nSPS) is 10.7. The Hall–Kier alpha value is -3.94. The molecule has 2 aromatic heterocycles. The van der Waals surface area contributed by atoms with Crippen LogP contribution in [0.3, 0.4) is 0 Å². The van der Waals surface area contributed by atoms with Crippen LogP contribution < -0.4 is 4.74 Å². The molecule has 7 nitrogen and oxygen atoms in total. The summed E-state index contributed by atoms with van der Waals surface area (Å²) in [5.74, 6) is 0.305. The average molecular weight is 393 g/mol. The smallest absolute Gasteiger partial charge is 0.356 e. The van der Waals surface area contributed by atoms with E-state index in [2.05, 4.69) is 15.4 Å². The molecule has 0 aliphatic carbocycles. The molecule has 1 N–H and O–H groups in total. The molecule has 0 atom stereocenters. The predicted octanol–water partition coefficient (Wildman–Crippen LogP) is 4.24. The molecule has 146 valence electrons. The van der Waals surface area contributed by atoms with Crippen LogP contribution in [0.4, 0.5) is 4.39 Å². The van der Waals surface area contributed by atoms with Crippen molar-refractivity contribution in [2.75, 3.05) is 7.11 Å². The number of halogens is 1. The van der Waals surface area contributed by atoms with E-state index >= 15 is 0 Å². The molecule has 0 saturated heterocycles. The molecule has 0 bridgehead atoms. The number of methoxy groups -OCH3 is 1. The van der Waals surface area contributed by atoms with Crippen molar-refractivity contribution in [3.63, 3.8) is 0 Å². The maximum Gasteiger partial charge on any atom is 0.356 e. The molecule has 0 radical (unpaired) electrons. The van der Waals surface area contributed by atoms with Gasteiger partial charge in [0, 0.05) is 17.2 Å². The summed E-state index contributed by atoms with van der Waals surface area (Å²) in [4.78, 5) is 12.2. The quantitative estimate of drug-likeness (QED) is 0.493. The number of ether oxygens (including phenoxy) is 2. The van der Waals surface area contributed by atoms with Gasteiger partial charge in [-0.05, 0) is 42.5 Å². The van der Waals surface area contributed by atoms with Crippen LogP contribution in [0.15, 0.2) is 65.2 Å². The minimum atomic E-state index is -0.586. The van der Waals surface area contributed by atoms with Crippen molar-refractivity contribution in [2.24, 2.45) is 0 Å². The van der Waals surface area contributed by atoms with Crippen molar-refractivity contribution in [2.45, 2.75) is 6.61 Å². The number of rotatable bonds is 6. The van der Waals surface area contributed by atoms with Gasteiger partial charge in [-0.25, -0.2) is 9.18 Å². The van der Waals surface area contributed by atoms with Gasteiger partial charge in [-0.15, -0.1) is 0 Å². The van der Waals surface area contributed by atoms with E-state index in [1.165, 1.54) is 12.1 Å². The fourth-order valence-electron chi connectivity index (χ4n) is 2.70. The van der Waals surface area contributed by atoms with Gasteiger partial charge in [-0.2, -0.15) is 5.10 Å². The highest BCUT2D eigenvalue weighted by atomic mass is 19.1. The summed E-state index contributed by atoms with van der Waals surface area (Å²) >= 11 is 0. The number of aromatic nitrogens is 3. The molecule has 0 aliphatic heterocycles. The molecule has 0 amide bonds. The minimum Gasteiger partial charge on any atom is -0.497 e. The summed E-state index contributed by atoms with van der Waals surface area (Å²) in [6.45, 7) is -0.0583. The fourth-order valence-corrected chi connectivity index (χ4v) is 2.70. The monoisotopic (exact) mass is 393 g/mol.